The smallest absolute Gasteiger partial charge is 0.0169 e. The van der Waals surface area contributed by atoms with E-state index in [0.29, 0.717) is 6.04 Å². The highest BCUT2D eigenvalue weighted by atomic mass is 15.2. The molecule has 70 valence electrons. The Hall–Kier alpha value is -0.340. The fraction of sp³-hybridized carbons (Fsp3) is 0.800. The van der Waals surface area contributed by atoms with Crippen LogP contribution >= 0.6 is 0 Å². The summed E-state index contributed by atoms with van der Waals surface area (Å²) in [6.45, 7) is 10.6. The van der Waals surface area contributed by atoms with Crippen LogP contribution in [0.4, 0.5) is 0 Å². The van der Waals surface area contributed by atoms with E-state index < -0.39 is 0 Å². The molecule has 0 bridgehead atoms. The molecule has 0 radical (unpaired) electrons. The predicted octanol–water partition coefficient (Wildman–Crippen LogP) is 1.25. The van der Waals surface area contributed by atoms with Crippen molar-refractivity contribution in [2.45, 2.75) is 25.8 Å². The summed E-state index contributed by atoms with van der Waals surface area (Å²) in [5.74, 6) is 0. The van der Waals surface area contributed by atoms with E-state index in [-0.39, 0.29) is 0 Å². The molecule has 1 heterocycles. The van der Waals surface area contributed by atoms with Gasteiger partial charge in [0.15, 0.2) is 0 Å². The molecule has 1 N–H and O–H groups in total. The lowest BCUT2D eigenvalue weighted by Crippen LogP contribution is -2.37. The van der Waals surface area contributed by atoms with Gasteiger partial charge in [-0.3, -0.25) is 0 Å². The quantitative estimate of drug-likeness (QED) is 0.621. The maximum atomic E-state index is 3.69. The van der Waals surface area contributed by atoms with E-state index in [2.05, 4.69) is 23.7 Å². The molecule has 12 heavy (non-hydrogen) atoms. The van der Waals surface area contributed by atoms with Crippen molar-refractivity contribution in [1.29, 1.82) is 0 Å². The topological polar surface area (TPSA) is 15.3 Å². The van der Waals surface area contributed by atoms with Crippen LogP contribution in [0.3, 0.4) is 0 Å². The molecule has 0 saturated carbocycles. The van der Waals surface area contributed by atoms with Gasteiger partial charge in [0.25, 0.3) is 0 Å². The van der Waals surface area contributed by atoms with E-state index >= 15 is 0 Å². The molecule has 1 atom stereocenters. The van der Waals surface area contributed by atoms with Gasteiger partial charge in [-0.05, 0) is 32.9 Å². The average Bonchev–Trinajstić information content (AvgIpc) is 2.53. The second-order valence-corrected chi connectivity index (χ2v) is 3.61. The average molecular weight is 168 g/mol. The molecule has 0 aliphatic carbocycles. The van der Waals surface area contributed by atoms with Gasteiger partial charge in [0.1, 0.15) is 0 Å². The maximum absolute atomic E-state index is 3.69. The Morgan fingerprint density at radius 1 is 1.50 bits per heavy atom. The molecule has 1 unspecified atom stereocenters. The maximum Gasteiger partial charge on any atom is 0.0169 e. The summed E-state index contributed by atoms with van der Waals surface area (Å²) in [5.41, 5.74) is 0. The highest BCUT2D eigenvalue weighted by molar-refractivity contribution is 4.76. The first-order valence-corrected chi connectivity index (χ1v) is 4.89. The zero-order chi connectivity index (χ0) is 8.81. The predicted molar refractivity (Wildman–Crippen MR) is 53.3 cm³/mol. The molecule has 0 spiro atoms. The molecule has 0 amide bonds. The van der Waals surface area contributed by atoms with Crippen molar-refractivity contribution in [2.24, 2.45) is 0 Å². The van der Waals surface area contributed by atoms with Crippen LogP contribution in [0.2, 0.25) is 0 Å². The zero-order valence-electron chi connectivity index (χ0n) is 8.05. The van der Waals surface area contributed by atoms with E-state index in [4.69, 9.17) is 0 Å². The van der Waals surface area contributed by atoms with E-state index in [9.17, 15) is 0 Å². The van der Waals surface area contributed by atoms with Gasteiger partial charge in [0.05, 0.1) is 0 Å². The first kappa shape index (κ1) is 9.75. The first-order valence-electron chi connectivity index (χ1n) is 4.89. The zero-order valence-corrected chi connectivity index (χ0v) is 8.05. The molecule has 1 aliphatic heterocycles. The van der Waals surface area contributed by atoms with Gasteiger partial charge in [-0.1, -0.05) is 6.08 Å². The third kappa shape index (κ3) is 3.37. The molecule has 0 aromatic heterocycles. The normalized spacial score (nSPS) is 21.1. The van der Waals surface area contributed by atoms with Crippen molar-refractivity contribution in [3.05, 3.63) is 12.7 Å². The van der Waals surface area contributed by atoms with Crippen LogP contribution in [0.15, 0.2) is 12.7 Å². The van der Waals surface area contributed by atoms with Crippen LogP contribution in [0.1, 0.15) is 19.8 Å². The molecule has 1 aliphatic rings. The Labute approximate surface area is 75.6 Å². The van der Waals surface area contributed by atoms with Gasteiger partial charge in [-0.25, -0.2) is 0 Å². The molecule has 2 heteroatoms. The summed E-state index contributed by atoms with van der Waals surface area (Å²) >= 11 is 0. The Kier molecular flexibility index (Phi) is 4.33. The Balaban J connectivity index is 2.07. The van der Waals surface area contributed by atoms with Crippen molar-refractivity contribution in [3.63, 3.8) is 0 Å². The van der Waals surface area contributed by atoms with Crippen LogP contribution in [0.25, 0.3) is 0 Å². The number of nitrogens with zero attached hydrogens (tertiary/aromatic N) is 1. The molecule has 1 fully saturated rings. The van der Waals surface area contributed by atoms with Crippen molar-refractivity contribution in [1.82, 2.24) is 10.2 Å². The minimum atomic E-state index is 0.598. The minimum Gasteiger partial charge on any atom is -0.310 e. The summed E-state index contributed by atoms with van der Waals surface area (Å²) in [7, 11) is 0. The molecular formula is C10H20N2. The Morgan fingerprint density at radius 3 is 2.75 bits per heavy atom. The number of likely N-dealkylation sites (tertiary alicyclic amines) is 1. The summed E-state index contributed by atoms with van der Waals surface area (Å²) in [6.07, 6.45) is 4.68. The highest BCUT2D eigenvalue weighted by Gasteiger charge is 2.13. The fourth-order valence-corrected chi connectivity index (χ4v) is 1.70. The van der Waals surface area contributed by atoms with Crippen molar-refractivity contribution in [2.75, 3.05) is 26.2 Å². The summed E-state index contributed by atoms with van der Waals surface area (Å²) < 4.78 is 0. The second-order valence-electron chi connectivity index (χ2n) is 3.61. The van der Waals surface area contributed by atoms with Gasteiger partial charge >= 0.3 is 0 Å². The first-order chi connectivity index (χ1) is 5.83. The molecule has 0 aromatic carbocycles. The minimum absolute atomic E-state index is 0.598. The third-order valence-electron chi connectivity index (χ3n) is 2.34. The van der Waals surface area contributed by atoms with Gasteiger partial charge < -0.3 is 10.2 Å². The van der Waals surface area contributed by atoms with Gasteiger partial charge in [-0.15, -0.1) is 6.58 Å². The third-order valence-corrected chi connectivity index (χ3v) is 2.34. The van der Waals surface area contributed by atoms with Crippen LogP contribution in [0, 0.1) is 0 Å². The van der Waals surface area contributed by atoms with Gasteiger partial charge in [-0.2, -0.15) is 0 Å². The Bertz CT molecular complexity index is 128. The van der Waals surface area contributed by atoms with Crippen molar-refractivity contribution < 1.29 is 0 Å². The Morgan fingerprint density at radius 2 is 2.17 bits per heavy atom. The number of nitrogens with one attached hydrogen (secondary N) is 1. The van der Waals surface area contributed by atoms with E-state index in [1.54, 1.807) is 0 Å². The molecular weight excluding hydrogens is 148 g/mol. The lowest BCUT2D eigenvalue weighted by Gasteiger charge is -2.20. The fourth-order valence-electron chi connectivity index (χ4n) is 1.70. The van der Waals surface area contributed by atoms with Crippen LogP contribution in [0.5, 0.6) is 0 Å². The van der Waals surface area contributed by atoms with Crippen molar-refractivity contribution in [3.8, 4) is 0 Å². The summed E-state index contributed by atoms with van der Waals surface area (Å²) in [5, 5.41) is 3.40. The number of hydrogen-bond acceptors (Lipinski definition) is 2. The van der Waals surface area contributed by atoms with E-state index in [0.717, 1.165) is 6.54 Å². The summed E-state index contributed by atoms with van der Waals surface area (Å²) in [6, 6.07) is 0.598. The second kappa shape index (κ2) is 5.33. The SMILES string of the molecule is C=CCNC(C)CN1CCCC1. The van der Waals surface area contributed by atoms with Gasteiger partial charge in [0, 0.05) is 19.1 Å². The summed E-state index contributed by atoms with van der Waals surface area (Å²) in [4.78, 5) is 2.53. The largest absolute Gasteiger partial charge is 0.310 e. The van der Waals surface area contributed by atoms with E-state index in [1.807, 2.05) is 6.08 Å². The lowest BCUT2D eigenvalue weighted by molar-refractivity contribution is 0.302. The van der Waals surface area contributed by atoms with E-state index in [1.165, 1.54) is 32.5 Å². The van der Waals surface area contributed by atoms with Crippen molar-refractivity contribution >= 4 is 0 Å². The molecule has 1 saturated heterocycles. The monoisotopic (exact) mass is 168 g/mol. The molecule has 1 rings (SSSR count). The number of rotatable bonds is 5. The standard InChI is InChI=1S/C10H20N2/c1-3-6-11-10(2)9-12-7-4-5-8-12/h3,10-11H,1,4-9H2,2H3. The molecule has 2 nitrogen and oxygen atoms in total. The van der Waals surface area contributed by atoms with Crippen LogP contribution in [-0.2, 0) is 0 Å². The lowest BCUT2D eigenvalue weighted by atomic mass is 10.3. The molecule has 0 aromatic rings. The van der Waals surface area contributed by atoms with Gasteiger partial charge in [0.2, 0.25) is 0 Å². The number of hydrogen-bond donors (Lipinski definition) is 1. The van der Waals surface area contributed by atoms with Crippen LogP contribution in [-0.4, -0.2) is 37.1 Å². The van der Waals surface area contributed by atoms with Crippen LogP contribution < -0.4 is 5.32 Å². The highest BCUT2D eigenvalue weighted by Crippen LogP contribution is 2.07.